The van der Waals surface area contributed by atoms with Crippen molar-refractivity contribution in [3.63, 3.8) is 0 Å². The number of halogens is 1. The topological polar surface area (TPSA) is 42.0 Å². The van der Waals surface area contributed by atoms with Gasteiger partial charge in [-0.25, -0.2) is 4.98 Å². The van der Waals surface area contributed by atoms with E-state index in [0.29, 0.717) is 5.02 Å². The molecule has 0 saturated heterocycles. The Kier molecular flexibility index (Phi) is 5.51. The summed E-state index contributed by atoms with van der Waals surface area (Å²) in [6.45, 7) is 4.07. The minimum absolute atomic E-state index is 0.0939. The van der Waals surface area contributed by atoms with Crippen molar-refractivity contribution in [1.82, 2.24) is 4.98 Å². The zero-order valence-corrected chi connectivity index (χ0v) is 15.7. The molecule has 0 bridgehead atoms. The van der Waals surface area contributed by atoms with Crippen molar-refractivity contribution in [3.8, 4) is 10.6 Å². The third kappa shape index (κ3) is 4.47. The summed E-state index contributed by atoms with van der Waals surface area (Å²) < 4.78 is 0. The van der Waals surface area contributed by atoms with Gasteiger partial charge in [0.05, 0.1) is 12.1 Å². The lowest BCUT2D eigenvalue weighted by Crippen LogP contribution is -2.15. The molecular weight excluding hydrogens is 352 g/mol. The molecule has 1 aromatic heterocycles. The van der Waals surface area contributed by atoms with Gasteiger partial charge < -0.3 is 5.32 Å². The number of nitrogens with one attached hydrogen (secondary N) is 1. The van der Waals surface area contributed by atoms with Gasteiger partial charge >= 0.3 is 0 Å². The molecule has 1 heterocycles. The number of hydrogen-bond donors (Lipinski definition) is 1. The Morgan fingerprint density at radius 2 is 1.96 bits per heavy atom. The van der Waals surface area contributed by atoms with Gasteiger partial charge in [0.25, 0.3) is 0 Å². The molecule has 0 spiro atoms. The quantitative estimate of drug-likeness (QED) is 0.642. The largest absolute Gasteiger partial charge is 0.325 e. The van der Waals surface area contributed by atoms with Gasteiger partial charge in [0.2, 0.25) is 5.91 Å². The first kappa shape index (κ1) is 17.6. The van der Waals surface area contributed by atoms with Crippen LogP contribution in [0, 0.1) is 6.92 Å². The zero-order valence-electron chi connectivity index (χ0n) is 14.2. The van der Waals surface area contributed by atoms with Crippen molar-refractivity contribution >= 4 is 34.5 Å². The Balaban J connectivity index is 1.68. The highest BCUT2D eigenvalue weighted by molar-refractivity contribution is 7.13. The van der Waals surface area contributed by atoms with E-state index in [2.05, 4.69) is 41.5 Å². The predicted octanol–water partition coefficient (Wildman–Crippen LogP) is 5.52. The normalized spacial score (nSPS) is 10.7. The highest BCUT2D eigenvalue weighted by Crippen LogP contribution is 2.25. The summed E-state index contributed by atoms with van der Waals surface area (Å²) >= 11 is 7.55. The number of rotatable bonds is 5. The second-order valence-electron chi connectivity index (χ2n) is 5.88. The molecule has 2 aromatic carbocycles. The number of amides is 1. The van der Waals surface area contributed by atoms with Gasteiger partial charge in [-0.2, -0.15) is 0 Å². The highest BCUT2D eigenvalue weighted by atomic mass is 35.5. The Morgan fingerprint density at radius 1 is 1.20 bits per heavy atom. The maximum Gasteiger partial charge on any atom is 0.230 e. The average Bonchev–Trinajstić information content (AvgIpc) is 3.06. The minimum Gasteiger partial charge on any atom is -0.325 e. The number of carbonyl (C=O) groups is 1. The zero-order chi connectivity index (χ0) is 17.8. The minimum atomic E-state index is -0.0939. The summed E-state index contributed by atoms with van der Waals surface area (Å²) in [5.41, 5.74) is 4.88. The molecule has 0 aliphatic heterocycles. The lowest BCUT2D eigenvalue weighted by molar-refractivity contribution is -0.115. The number of hydrogen-bond acceptors (Lipinski definition) is 3. The number of nitrogens with zero attached hydrogens (tertiary/aromatic N) is 1. The maximum atomic E-state index is 12.3. The van der Waals surface area contributed by atoms with Gasteiger partial charge in [0.1, 0.15) is 5.01 Å². The SMILES string of the molecule is CCc1ccc(-c2nc(CC(=O)Nc3cc(Cl)ccc3C)cs2)cc1. The fraction of sp³-hybridized carbons (Fsp3) is 0.200. The van der Waals surface area contributed by atoms with E-state index in [4.69, 9.17) is 11.6 Å². The van der Waals surface area contributed by atoms with E-state index < -0.39 is 0 Å². The van der Waals surface area contributed by atoms with Crippen molar-refractivity contribution < 1.29 is 4.79 Å². The van der Waals surface area contributed by atoms with Crippen LogP contribution >= 0.6 is 22.9 Å². The third-order valence-corrected chi connectivity index (χ3v) is 5.15. The summed E-state index contributed by atoms with van der Waals surface area (Å²) in [6, 6.07) is 13.8. The lowest BCUT2D eigenvalue weighted by atomic mass is 10.1. The first-order chi connectivity index (χ1) is 12.0. The summed E-state index contributed by atoms with van der Waals surface area (Å²) in [5, 5.41) is 6.38. The van der Waals surface area contributed by atoms with E-state index in [1.807, 2.05) is 24.4 Å². The van der Waals surface area contributed by atoms with Crippen LogP contribution in [0.5, 0.6) is 0 Å². The molecule has 1 N–H and O–H groups in total. The van der Waals surface area contributed by atoms with Gasteiger partial charge in [0, 0.05) is 21.7 Å². The summed E-state index contributed by atoms with van der Waals surface area (Å²) in [6.07, 6.45) is 1.27. The second-order valence-corrected chi connectivity index (χ2v) is 7.17. The van der Waals surface area contributed by atoms with Crippen LogP contribution in [0.3, 0.4) is 0 Å². The van der Waals surface area contributed by atoms with Gasteiger partial charge in [0.15, 0.2) is 0 Å². The molecule has 128 valence electrons. The van der Waals surface area contributed by atoms with E-state index in [-0.39, 0.29) is 12.3 Å². The molecule has 0 aliphatic carbocycles. The molecule has 25 heavy (non-hydrogen) atoms. The van der Waals surface area contributed by atoms with Crippen LogP contribution < -0.4 is 5.32 Å². The standard InChI is InChI=1S/C20H19ClN2OS/c1-3-14-5-7-15(8-6-14)20-22-17(12-25-20)11-19(24)23-18-10-16(21)9-4-13(18)2/h4-10,12H,3,11H2,1-2H3,(H,23,24). The molecule has 0 fully saturated rings. The van der Waals surface area contributed by atoms with Gasteiger partial charge in [-0.1, -0.05) is 48.9 Å². The predicted molar refractivity (Wildman–Crippen MR) is 105 cm³/mol. The molecule has 0 saturated carbocycles. The molecule has 3 nitrogen and oxygen atoms in total. The Bertz CT molecular complexity index is 887. The van der Waals surface area contributed by atoms with E-state index in [9.17, 15) is 4.79 Å². The molecule has 3 rings (SSSR count). The number of anilines is 1. The maximum absolute atomic E-state index is 12.3. The lowest BCUT2D eigenvalue weighted by Gasteiger charge is -2.08. The first-order valence-electron chi connectivity index (χ1n) is 8.15. The molecule has 0 unspecified atom stereocenters. The molecule has 0 atom stereocenters. The fourth-order valence-electron chi connectivity index (χ4n) is 2.49. The van der Waals surface area contributed by atoms with Crippen LogP contribution in [0.25, 0.3) is 10.6 Å². The van der Waals surface area contributed by atoms with Gasteiger partial charge in [-0.15, -0.1) is 11.3 Å². The summed E-state index contributed by atoms with van der Waals surface area (Å²) in [4.78, 5) is 16.9. The van der Waals surface area contributed by atoms with Crippen LogP contribution in [0.15, 0.2) is 47.8 Å². The van der Waals surface area contributed by atoms with Crippen LogP contribution in [0.4, 0.5) is 5.69 Å². The highest BCUT2D eigenvalue weighted by Gasteiger charge is 2.11. The van der Waals surface area contributed by atoms with Crippen LogP contribution in [0.1, 0.15) is 23.7 Å². The van der Waals surface area contributed by atoms with Gasteiger partial charge in [-0.05, 0) is 36.6 Å². The Morgan fingerprint density at radius 3 is 2.68 bits per heavy atom. The van der Waals surface area contributed by atoms with Crippen LogP contribution in [-0.2, 0) is 17.6 Å². The second kappa shape index (κ2) is 7.81. The number of thiazole rings is 1. The average molecular weight is 371 g/mol. The van der Waals surface area contributed by atoms with Gasteiger partial charge in [-0.3, -0.25) is 4.79 Å². The smallest absolute Gasteiger partial charge is 0.230 e. The van der Waals surface area contributed by atoms with E-state index >= 15 is 0 Å². The fourth-order valence-corrected chi connectivity index (χ4v) is 3.49. The number of benzene rings is 2. The molecule has 0 radical (unpaired) electrons. The summed E-state index contributed by atoms with van der Waals surface area (Å²) in [5.74, 6) is -0.0939. The van der Waals surface area contributed by atoms with E-state index in [1.165, 1.54) is 5.56 Å². The van der Waals surface area contributed by atoms with Crippen LogP contribution in [0.2, 0.25) is 5.02 Å². The monoisotopic (exact) mass is 370 g/mol. The number of carbonyl (C=O) groups excluding carboxylic acids is 1. The third-order valence-electron chi connectivity index (χ3n) is 3.98. The Labute approximate surface area is 156 Å². The van der Waals surface area contributed by atoms with E-state index in [1.54, 1.807) is 17.4 Å². The molecule has 1 amide bonds. The molecule has 3 aromatic rings. The Hall–Kier alpha value is -2.17. The van der Waals surface area contributed by atoms with Crippen molar-refractivity contribution in [2.75, 3.05) is 5.32 Å². The van der Waals surface area contributed by atoms with Crippen molar-refractivity contribution in [2.45, 2.75) is 26.7 Å². The van der Waals surface area contributed by atoms with Crippen LogP contribution in [-0.4, -0.2) is 10.9 Å². The van der Waals surface area contributed by atoms with Crippen molar-refractivity contribution in [1.29, 1.82) is 0 Å². The molecular formula is C20H19ClN2OS. The molecule has 5 heteroatoms. The molecule has 0 aliphatic rings. The first-order valence-corrected chi connectivity index (χ1v) is 9.40. The van der Waals surface area contributed by atoms with Crippen molar-refractivity contribution in [3.05, 3.63) is 69.7 Å². The number of aromatic nitrogens is 1. The van der Waals surface area contributed by atoms with Crippen molar-refractivity contribution in [2.24, 2.45) is 0 Å². The van der Waals surface area contributed by atoms with E-state index in [0.717, 1.165) is 33.9 Å². The number of aryl methyl sites for hydroxylation is 2. The summed E-state index contributed by atoms with van der Waals surface area (Å²) in [7, 11) is 0.